The number of carbonyl (C=O) groups excluding carboxylic acids is 1. The van der Waals surface area contributed by atoms with Gasteiger partial charge in [0.05, 0.1) is 5.56 Å². The minimum atomic E-state index is -0.697. The van der Waals surface area contributed by atoms with Gasteiger partial charge in [0.25, 0.3) is 5.91 Å². The number of aromatic nitrogens is 3. The maximum atomic E-state index is 14.5. The fraction of sp³-hybridized carbons (Fsp3) is 0.143. The fourth-order valence-electron chi connectivity index (χ4n) is 3.38. The molecule has 1 amide bonds. The number of aryl methyl sites for hydroxylation is 2. The first-order valence-corrected chi connectivity index (χ1v) is 8.63. The van der Waals surface area contributed by atoms with E-state index in [4.69, 9.17) is 0 Å². The van der Waals surface area contributed by atoms with Gasteiger partial charge in [-0.25, -0.2) is 9.37 Å². The summed E-state index contributed by atoms with van der Waals surface area (Å²) in [5.41, 5.74) is 1.88. The molecule has 136 valence electrons. The second-order valence-electron chi connectivity index (χ2n) is 6.50. The summed E-state index contributed by atoms with van der Waals surface area (Å²) in [4.78, 5) is 17.4. The van der Waals surface area contributed by atoms with E-state index in [9.17, 15) is 9.18 Å². The Morgan fingerprint density at radius 3 is 2.56 bits per heavy atom. The van der Waals surface area contributed by atoms with Gasteiger partial charge in [-0.3, -0.25) is 4.79 Å². The van der Waals surface area contributed by atoms with E-state index >= 15 is 0 Å². The third-order valence-corrected chi connectivity index (χ3v) is 4.75. The molecule has 0 unspecified atom stereocenters. The molecule has 4 rings (SSSR count). The molecule has 0 aliphatic rings. The van der Waals surface area contributed by atoms with Crippen molar-refractivity contribution in [3.05, 3.63) is 89.9 Å². The van der Waals surface area contributed by atoms with E-state index in [1.807, 2.05) is 42.9 Å². The van der Waals surface area contributed by atoms with E-state index in [1.54, 1.807) is 41.4 Å². The Kier molecular flexibility index (Phi) is 4.24. The minimum absolute atomic E-state index is 0.275. The summed E-state index contributed by atoms with van der Waals surface area (Å²) in [6.45, 7) is 0. The van der Waals surface area contributed by atoms with Gasteiger partial charge in [-0.1, -0.05) is 36.4 Å². The zero-order valence-corrected chi connectivity index (χ0v) is 15.1. The SMILES string of the molecule is Cn1ccnc1[C@@H](NC(=O)c1cn(C)c2ccccc12)c1ccccc1F. The predicted molar refractivity (Wildman–Crippen MR) is 102 cm³/mol. The van der Waals surface area contributed by atoms with Crippen molar-refractivity contribution in [3.63, 3.8) is 0 Å². The molecule has 0 radical (unpaired) electrons. The van der Waals surface area contributed by atoms with Gasteiger partial charge in [0.1, 0.15) is 17.7 Å². The molecule has 0 aliphatic heterocycles. The lowest BCUT2D eigenvalue weighted by molar-refractivity contribution is 0.0942. The molecular formula is C21H19FN4O. The smallest absolute Gasteiger partial charge is 0.254 e. The highest BCUT2D eigenvalue weighted by Crippen LogP contribution is 2.25. The summed E-state index contributed by atoms with van der Waals surface area (Å²) >= 11 is 0. The number of nitrogens with zero attached hydrogens (tertiary/aromatic N) is 3. The Labute approximate surface area is 156 Å². The molecular weight excluding hydrogens is 343 g/mol. The summed E-state index contributed by atoms with van der Waals surface area (Å²) in [6.07, 6.45) is 5.19. The number of halogens is 1. The highest BCUT2D eigenvalue weighted by Gasteiger charge is 2.25. The molecule has 2 aromatic carbocycles. The molecule has 0 aliphatic carbocycles. The van der Waals surface area contributed by atoms with Crippen LogP contribution >= 0.6 is 0 Å². The number of benzene rings is 2. The van der Waals surface area contributed by atoms with Crippen LogP contribution in [0.4, 0.5) is 4.39 Å². The van der Waals surface area contributed by atoms with Crippen molar-refractivity contribution >= 4 is 16.8 Å². The summed E-state index contributed by atoms with van der Waals surface area (Å²) < 4.78 is 18.2. The number of carbonyl (C=O) groups is 1. The van der Waals surface area contributed by atoms with Crippen LogP contribution < -0.4 is 5.32 Å². The van der Waals surface area contributed by atoms with Crippen molar-refractivity contribution in [2.75, 3.05) is 0 Å². The van der Waals surface area contributed by atoms with E-state index in [1.165, 1.54) is 6.07 Å². The van der Waals surface area contributed by atoms with Gasteiger partial charge in [-0.2, -0.15) is 0 Å². The van der Waals surface area contributed by atoms with Crippen molar-refractivity contribution in [1.29, 1.82) is 0 Å². The van der Waals surface area contributed by atoms with Gasteiger partial charge in [0.15, 0.2) is 0 Å². The van der Waals surface area contributed by atoms with Gasteiger partial charge >= 0.3 is 0 Å². The highest BCUT2D eigenvalue weighted by molar-refractivity contribution is 6.07. The molecule has 1 N–H and O–H groups in total. The molecule has 0 bridgehead atoms. The summed E-state index contributed by atoms with van der Waals surface area (Å²) in [5.74, 6) is -0.0968. The molecule has 2 heterocycles. The van der Waals surface area contributed by atoms with Crippen LogP contribution in [0.1, 0.15) is 27.8 Å². The van der Waals surface area contributed by atoms with Crippen LogP contribution in [0.15, 0.2) is 67.1 Å². The number of amides is 1. The van der Waals surface area contributed by atoms with Crippen LogP contribution in [0.2, 0.25) is 0 Å². The van der Waals surface area contributed by atoms with Crippen LogP contribution in [0.5, 0.6) is 0 Å². The monoisotopic (exact) mass is 362 g/mol. The number of fused-ring (bicyclic) bond motifs is 1. The largest absolute Gasteiger partial charge is 0.350 e. The second-order valence-corrected chi connectivity index (χ2v) is 6.50. The van der Waals surface area contributed by atoms with Gasteiger partial charge in [0, 0.05) is 49.2 Å². The first-order chi connectivity index (χ1) is 13.1. The Balaban J connectivity index is 1.77. The van der Waals surface area contributed by atoms with Crippen LogP contribution in [0.3, 0.4) is 0 Å². The van der Waals surface area contributed by atoms with E-state index in [2.05, 4.69) is 10.3 Å². The first-order valence-electron chi connectivity index (χ1n) is 8.63. The van der Waals surface area contributed by atoms with Gasteiger partial charge in [-0.05, 0) is 12.1 Å². The fourth-order valence-corrected chi connectivity index (χ4v) is 3.38. The molecule has 4 aromatic rings. The van der Waals surface area contributed by atoms with Crippen molar-refractivity contribution in [2.45, 2.75) is 6.04 Å². The number of hydrogen-bond acceptors (Lipinski definition) is 2. The van der Waals surface area contributed by atoms with E-state index in [0.29, 0.717) is 17.0 Å². The Morgan fingerprint density at radius 2 is 1.81 bits per heavy atom. The highest BCUT2D eigenvalue weighted by atomic mass is 19.1. The molecule has 0 fully saturated rings. The average molecular weight is 362 g/mol. The standard InChI is InChI=1S/C21H19FN4O/c1-25-12-11-23-20(25)19(15-8-3-5-9-17(15)22)24-21(27)16-13-26(2)18-10-6-4-7-14(16)18/h3-13,19H,1-2H3,(H,24,27)/t19-/m0/s1. The maximum Gasteiger partial charge on any atom is 0.254 e. The Bertz CT molecular complexity index is 1130. The lowest BCUT2D eigenvalue weighted by Gasteiger charge is -2.19. The van der Waals surface area contributed by atoms with E-state index in [-0.39, 0.29) is 11.7 Å². The number of hydrogen-bond donors (Lipinski definition) is 1. The number of imidazole rings is 1. The molecule has 0 saturated heterocycles. The molecule has 0 spiro atoms. The van der Waals surface area contributed by atoms with E-state index < -0.39 is 6.04 Å². The van der Waals surface area contributed by atoms with E-state index in [0.717, 1.165) is 10.9 Å². The second kappa shape index (κ2) is 6.72. The maximum absolute atomic E-state index is 14.5. The molecule has 2 aromatic heterocycles. The lowest BCUT2D eigenvalue weighted by atomic mass is 10.0. The summed E-state index contributed by atoms with van der Waals surface area (Å²) in [5, 5.41) is 3.82. The van der Waals surface area contributed by atoms with Crippen LogP contribution in [-0.4, -0.2) is 20.0 Å². The van der Waals surface area contributed by atoms with Crippen molar-refractivity contribution in [2.24, 2.45) is 14.1 Å². The van der Waals surface area contributed by atoms with Gasteiger partial charge in [-0.15, -0.1) is 0 Å². The number of rotatable bonds is 4. The molecule has 1 atom stereocenters. The summed E-state index contributed by atoms with van der Waals surface area (Å²) in [7, 11) is 3.71. The lowest BCUT2D eigenvalue weighted by Crippen LogP contribution is -2.31. The predicted octanol–water partition coefficient (Wildman–Crippen LogP) is 3.57. The third-order valence-electron chi connectivity index (χ3n) is 4.75. The molecule has 5 nitrogen and oxygen atoms in total. The summed E-state index contributed by atoms with van der Waals surface area (Å²) in [6, 6.07) is 13.4. The number of para-hydroxylation sites is 1. The quantitative estimate of drug-likeness (QED) is 0.603. The van der Waals surface area contributed by atoms with Crippen molar-refractivity contribution in [3.8, 4) is 0 Å². The minimum Gasteiger partial charge on any atom is -0.350 e. The van der Waals surface area contributed by atoms with Gasteiger partial charge < -0.3 is 14.5 Å². The molecule has 6 heteroatoms. The van der Waals surface area contributed by atoms with Crippen LogP contribution in [-0.2, 0) is 14.1 Å². The number of nitrogens with one attached hydrogen (secondary N) is 1. The topological polar surface area (TPSA) is 51.9 Å². The third kappa shape index (κ3) is 2.99. The zero-order valence-electron chi connectivity index (χ0n) is 15.1. The van der Waals surface area contributed by atoms with Crippen molar-refractivity contribution in [1.82, 2.24) is 19.4 Å². The normalized spacial score (nSPS) is 12.3. The molecule has 27 heavy (non-hydrogen) atoms. The van der Waals surface area contributed by atoms with Crippen LogP contribution in [0, 0.1) is 5.82 Å². The average Bonchev–Trinajstić information content (AvgIpc) is 3.24. The first kappa shape index (κ1) is 17.0. The zero-order chi connectivity index (χ0) is 19.0. The van der Waals surface area contributed by atoms with Gasteiger partial charge in [0.2, 0.25) is 0 Å². The molecule has 0 saturated carbocycles. The van der Waals surface area contributed by atoms with Crippen molar-refractivity contribution < 1.29 is 9.18 Å². The Hall–Kier alpha value is -3.41. The Morgan fingerprint density at radius 1 is 1.07 bits per heavy atom. The van der Waals surface area contributed by atoms with Crippen LogP contribution in [0.25, 0.3) is 10.9 Å².